The lowest BCUT2D eigenvalue weighted by Gasteiger charge is -2.25. The van der Waals surface area contributed by atoms with Crippen LogP contribution in [0.1, 0.15) is 32.4 Å². The molecule has 1 aromatic carbocycles. The number of methoxy groups -OCH3 is 1. The van der Waals surface area contributed by atoms with E-state index in [-0.39, 0.29) is 18.1 Å². The number of rotatable bonds is 3. The summed E-state index contributed by atoms with van der Waals surface area (Å²) < 4.78 is 11.9. The normalized spacial score (nSPS) is 32.3. The minimum atomic E-state index is -0.517. The van der Waals surface area contributed by atoms with Crippen LogP contribution >= 0.6 is 15.9 Å². The number of aliphatic hydroxyl groups excluding tert-OH is 1. The van der Waals surface area contributed by atoms with Crippen LogP contribution in [0.25, 0.3) is 0 Å². The van der Waals surface area contributed by atoms with Crippen molar-refractivity contribution in [2.45, 2.75) is 39.1 Å². The standard InChI is InChI=1S/C15H21BrO3/c1-8-9(2)19-10(3)14(8)15(17)11-5-6-13(18-4)12(16)7-11/h5-10,14-15,17H,1-4H3. The molecule has 5 atom stereocenters. The maximum atomic E-state index is 10.6. The molecule has 19 heavy (non-hydrogen) atoms. The van der Waals surface area contributed by atoms with Gasteiger partial charge in [0.15, 0.2) is 0 Å². The van der Waals surface area contributed by atoms with E-state index >= 15 is 0 Å². The SMILES string of the molecule is COc1ccc(C(O)C2C(C)OC(C)C2C)cc1Br. The molecule has 0 radical (unpaired) electrons. The average Bonchev–Trinajstić information content (AvgIpc) is 2.62. The number of halogens is 1. The Labute approximate surface area is 123 Å². The summed E-state index contributed by atoms with van der Waals surface area (Å²) in [6, 6.07) is 5.71. The van der Waals surface area contributed by atoms with E-state index in [0.29, 0.717) is 5.92 Å². The maximum Gasteiger partial charge on any atom is 0.133 e. The van der Waals surface area contributed by atoms with Gasteiger partial charge in [-0.15, -0.1) is 0 Å². The zero-order valence-corrected chi connectivity index (χ0v) is 13.3. The van der Waals surface area contributed by atoms with E-state index in [1.54, 1.807) is 7.11 Å². The number of hydrogen-bond donors (Lipinski definition) is 1. The lowest BCUT2D eigenvalue weighted by molar-refractivity contribution is 0.0231. The van der Waals surface area contributed by atoms with Crippen LogP contribution in [0.4, 0.5) is 0 Å². The zero-order valence-electron chi connectivity index (χ0n) is 11.8. The summed E-state index contributed by atoms with van der Waals surface area (Å²) in [6.07, 6.45) is -0.255. The first-order chi connectivity index (χ1) is 8.95. The van der Waals surface area contributed by atoms with Crippen molar-refractivity contribution in [1.82, 2.24) is 0 Å². The molecule has 1 heterocycles. The van der Waals surface area contributed by atoms with Gasteiger partial charge in [-0.2, -0.15) is 0 Å². The first-order valence-electron chi connectivity index (χ1n) is 6.62. The van der Waals surface area contributed by atoms with Crippen LogP contribution in [0.5, 0.6) is 5.75 Å². The molecular weight excluding hydrogens is 308 g/mol. The highest BCUT2D eigenvalue weighted by molar-refractivity contribution is 9.10. The third kappa shape index (κ3) is 2.81. The van der Waals surface area contributed by atoms with E-state index in [1.807, 2.05) is 25.1 Å². The van der Waals surface area contributed by atoms with Gasteiger partial charge >= 0.3 is 0 Å². The molecule has 3 nitrogen and oxygen atoms in total. The molecule has 1 fully saturated rings. The van der Waals surface area contributed by atoms with Crippen LogP contribution < -0.4 is 4.74 Å². The van der Waals surface area contributed by atoms with E-state index in [1.165, 1.54) is 0 Å². The molecule has 5 unspecified atom stereocenters. The lowest BCUT2D eigenvalue weighted by atomic mass is 9.82. The van der Waals surface area contributed by atoms with Gasteiger partial charge in [0.25, 0.3) is 0 Å². The average molecular weight is 329 g/mol. The smallest absolute Gasteiger partial charge is 0.133 e. The van der Waals surface area contributed by atoms with Crippen LogP contribution in [-0.4, -0.2) is 24.4 Å². The maximum absolute atomic E-state index is 10.6. The van der Waals surface area contributed by atoms with Crippen LogP contribution in [-0.2, 0) is 4.74 Å². The van der Waals surface area contributed by atoms with Crippen molar-refractivity contribution >= 4 is 15.9 Å². The lowest BCUT2D eigenvalue weighted by Crippen LogP contribution is -2.25. The van der Waals surface area contributed by atoms with Gasteiger partial charge in [-0.25, -0.2) is 0 Å². The Morgan fingerprint density at radius 1 is 1.26 bits per heavy atom. The third-order valence-electron chi connectivity index (χ3n) is 4.20. The summed E-state index contributed by atoms with van der Waals surface area (Å²) in [5.41, 5.74) is 0.897. The number of aliphatic hydroxyl groups is 1. The number of benzene rings is 1. The van der Waals surface area contributed by atoms with Crippen molar-refractivity contribution in [3.63, 3.8) is 0 Å². The van der Waals surface area contributed by atoms with Gasteiger partial charge in [-0.3, -0.25) is 0 Å². The predicted octanol–water partition coefficient (Wildman–Crippen LogP) is 3.55. The van der Waals surface area contributed by atoms with Gasteiger partial charge < -0.3 is 14.6 Å². The Kier molecular flexibility index (Phi) is 4.54. The fourth-order valence-electron chi connectivity index (χ4n) is 2.93. The second-order valence-corrected chi connectivity index (χ2v) is 6.18. The van der Waals surface area contributed by atoms with Gasteiger partial charge in [-0.1, -0.05) is 13.0 Å². The predicted molar refractivity (Wildman–Crippen MR) is 78.3 cm³/mol. The van der Waals surface area contributed by atoms with Crippen molar-refractivity contribution in [2.75, 3.05) is 7.11 Å². The fourth-order valence-corrected chi connectivity index (χ4v) is 3.49. The Balaban J connectivity index is 2.24. The second kappa shape index (κ2) is 5.81. The molecule has 0 spiro atoms. The Morgan fingerprint density at radius 2 is 1.95 bits per heavy atom. The first kappa shape index (κ1) is 14.8. The highest BCUT2D eigenvalue weighted by Gasteiger charge is 2.41. The van der Waals surface area contributed by atoms with Gasteiger partial charge in [0, 0.05) is 5.92 Å². The topological polar surface area (TPSA) is 38.7 Å². The molecule has 2 rings (SSSR count). The number of hydrogen-bond acceptors (Lipinski definition) is 3. The van der Waals surface area contributed by atoms with Crippen molar-refractivity contribution in [2.24, 2.45) is 11.8 Å². The largest absolute Gasteiger partial charge is 0.496 e. The zero-order chi connectivity index (χ0) is 14.2. The monoisotopic (exact) mass is 328 g/mol. The third-order valence-corrected chi connectivity index (χ3v) is 4.82. The Morgan fingerprint density at radius 3 is 2.42 bits per heavy atom. The quantitative estimate of drug-likeness (QED) is 0.922. The Bertz CT molecular complexity index is 449. The summed E-state index contributed by atoms with van der Waals surface area (Å²) in [5.74, 6) is 1.23. The van der Waals surface area contributed by atoms with Gasteiger partial charge in [0.05, 0.1) is 29.9 Å². The van der Waals surface area contributed by atoms with E-state index in [9.17, 15) is 5.11 Å². The molecule has 0 aromatic heterocycles. The van der Waals surface area contributed by atoms with Crippen molar-refractivity contribution in [3.8, 4) is 5.75 Å². The fraction of sp³-hybridized carbons (Fsp3) is 0.600. The molecule has 0 saturated carbocycles. The van der Waals surface area contributed by atoms with Crippen LogP contribution in [0, 0.1) is 11.8 Å². The van der Waals surface area contributed by atoms with Crippen LogP contribution in [0.2, 0.25) is 0 Å². The van der Waals surface area contributed by atoms with E-state index < -0.39 is 6.10 Å². The minimum Gasteiger partial charge on any atom is -0.496 e. The van der Waals surface area contributed by atoms with E-state index in [0.717, 1.165) is 15.8 Å². The highest BCUT2D eigenvalue weighted by Crippen LogP contribution is 2.41. The van der Waals surface area contributed by atoms with Crippen LogP contribution in [0.3, 0.4) is 0 Å². The van der Waals surface area contributed by atoms with E-state index in [2.05, 4.69) is 29.8 Å². The molecule has 1 aromatic rings. The molecular formula is C15H21BrO3. The molecule has 1 aliphatic rings. The van der Waals surface area contributed by atoms with Gasteiger partial charge in [0.1, 0.15) is 5.75 Å². The Hall–Kier alpha value is -0.580. The summed E-state index contributed by atoms with van der Waals surface area (Å²) in [7, 11) is 1.63. The van der Waals surface area contributed by atoms with Crippen molar-refractivity contribution in [3.05, 3.63) is 28.2 Å². The molecule has 1 N–H and O–H groups in total. The molecule has 0 bridgehead atoms. The summed E-state index contributed by atoms with van der Waals surface area (Å²) in [5, 5.41) is 10.6. The summed E-state index contributed by atoms with van der Waals surface area (Å²) in [6.45, 7) is 6.24. The van der Waals surface area contributed by atoms with Gasteiger partial charge in [0.2, 0.25) is 0 Å². The van der Waals surface area contributed by atoms with Gasteiger partial charge in [-0.05, 0) is 53.4 Å². The summed E-state index contributed by atoms with van der Waals surface area (Å²) in [4.78, 5) is 0. The highest BCUT2D eigenvalue weighted by atomic mass is 79.9. The molecule has 0 amide bonds. The van der Waals surface area contributed by atoms with Crippen LogP contribution in [0.15, 0.2) is 22.7 Å². The van der Waals surface area contributed by atoms with Crippen molar-refractivity contribution < 1.29 is 14.6 Å². The molecule has 4 heteroatoms. The second-order valence-electron chi connectivity index (χ2n) is 5.32. The molecule has 0 aliphatic carbocycles. The minimum absolute atomic E-state index is 0.0703. The molecule has 1 aliphatic heterocycles. The molecule has 1 saturated heterocycles. The van der Waals surface area contributed by atoms with Crippen molar-refractivity contribution in [1.29, 1.82) is 0 Å². The summed E-state index contributed by atoms with van der Waals surface area (Å²) >= 11 is 3.46. The molecule has 106 valence electrons. The van der Waals surface area contributed by atoms with E-state index in [4.69, 9.17) is 9.47 Å². The number of ether oxygens (including phenoxy) is 2. The first-order valence-corrected chi connectivity index (χ1v) is 7.42.